The van der Waals surface area contributed by atoms with Gasteiger partial charge in [0, 0.05) is 11.5 Å². The Kier molecular flexibility index (Phi) is 5.02. The summed E-state index contributed by atoms with van der Waals surface area (Å²) in [5.74, 6) is 0.397. The Bertz CT molecular complexity index is 537. The highest BCUT2D eigenvalue weighted by atomic mass is 16.5. The van der Waals surface area contributed by atoms with Crippen LogP contribution in [-0.4, -0.2) is 23.4 Å². The van der Waals surface area contributed by atoms with E-state index in [0.717, 1.165) is 6.42 Å². The van der Waals surface area contributed by atoms with Gasteiger partial charge >= 0.3 is 0 Å². The van der Waals surface area contributed by atoms with Crippen molar-refractivity contribution in [1.82, 2.24) is 0 Å². The van der Waals surface area contributed by atoms with E-state index in [4.69, 9.17) is 4.74 Å². The molecule has 2 N–H and O–H groups in total. The van der Waals surface area contributed by atoms with Crippen LogP contribution in [-0.2, 0) is 11.2 Å². The van der Waals surface area contributed by atoms with Gasteiger partial charge in [-0.05, 0) is 30.2 Å². The lowest BCUT2D eigenvalue weighted by Gasteiger charge is -2.14. The number of aromatic hydroxyl groups is 2. The van der Waals surface area contributed by atoms with Crippen LogP contribution in [0.15, 0.2) is 48.5 Å². The molecule has 0 aliphatic rings. The maximum absolute atomic E-state index is 9.77. The molecular weight excluding hydrogens is 252 g/mol. The molecule has 0 aliphatic heterocycles. The van der Waals surface area contributed by atoms with E-state index >= 15 is 0 Å². The van der Waals surface area contributed by atoms with Crippen molar-refractivity contribution in [2.75, 3.05) is 13.2 Å². The van der Waals surface area contributed by atoms with Crippen LogP contribution in [0.4, 0.5) is 0 Å². The second-order valence-corrected chi connectivity index (χ2v) is 4.95. The molecule has 0 bridgehead atoms. The Morgan fingerprint density at radius 2 is 1.80 bits per heavy atom. The first kappa shape index (κ1) is 14.4. The number of ether oxygens (including phenoxy) is 1. The van der Waals surface area contributed by atoms with Gasteiger partial charge < -0.3 is 14.9 Å². The van der Waals surface area contributed by atoms with Crippen molar-refractivity contribution in [1.29, 1.82) is 0 Å². The van der Waals surface area contributed by atoms with Gasteiger partial charge in [-0.15, -0.1) is 0 Å². The summed E-state index contributed by atoms with van der Waals surface area (Å²) in [4.78, 5) is 0. The van der Waals surface area contributed by atoms with Gasteiger partial charge in [0.15, 0.2) is 0 Å². The first-order valence-electron chi connectivity index (χ1n) is 6.80. The minimum atomic E-state index is 0.0397. The first-order valence-corrected chi connectivity index (χ1v) is 6.80. The summed E-state index contributed by atoms with van der Waals surface area (Å²) in [6, 6.07) is 14.7. The van der Waals surface area contributed by atoms with Crippen molar-refractivity contribution in [3.8, 4) is 11.5 Å². The van der Waals surface area contributed by atoms with E-state index in [1.807, 2.05) is 25.1 Å². The summed E-state index contributed by atoms with van der Waals surface area (Å²) in [6.45, 7) is 3.13. The van der Waals surface area contributed by atoms with Crippen molar-refractivity contribution < 1.29 is 14.9 Å². The molecular formula is C17H20O3. The first-order chi connectivity index (χ1) is 9.66. The lowest BCUT2D eigenvalue weighted by Crippen LogP contribution is -2.07. The molecule has 3 nitrogen and oxygen atoms in total. The Morgan fingerprint density at radius 1 is 1.05 bits per heavy atom. The van der Waals surface area contributed by atoms with Gasteiger partial charge in [-0.2, -0.15) is 0 Å². The number of benzene rings is 2. The van der Waals surface area contributed by atoms with E-state index in [9.17, 15) is 10.2 Å². The zero-order valence-electron chi connectivity index (χ0n) is 11.6. The Morgan fingerprint density at radius 3 is 2.55 bits per heavy atom. The third-order valence-electron chi connectivity index (χ3n) is 3.29. The van der Waals surface area contributed by atoms with Gasteiger partial charge in [0.05, 0.1) is 13.2 Å². The van der Waals surface area contributed by atoms with E-state index in [2.05, 4.69) is 12.1 Å². The summed E-state index contributed by atoms with van der Waals surface area (Å²) >= 11 is 0. The highest BCUT2D eigenvalue weighted by Crippen LogP contribution is 2.29. The highest BCUT2D eigenvalue weighted by molar-refractivity contribution is 5.40. The lowest BCUT2D eigenvalue weighted by molar-refractivity contribution is 0.125. The van der Waals surface area contributed by atoms with Gasteiger partial charge in [-0.3, -0.25) is 0 Å². The molecule has 0 aliphatic carbocycles. The van der Waals surface area contributed by atoms with E-state index in [1.54, 1.807) is 6.07 Å². The molecule has 0 amide bonds. The number of hydrogen-bond donors (Lipinski definition) is 2. The number of phenols is 2. The molecule has 1 atom stereocenters. The van der Waals surface area contributed by atoms with Gasteiger partial charge in [-0.25, -0.2) is 0 Å². The largest absolute Gasteiger partial charge is 0.508 e. The number of hydrogen-bond acceptors (Lipinski definition) is 3. The second-order valence-electron chi connectivity index (χ2n) is 4.95. The molecule has 2 rings (SSSR count). The van der Waals surface area contributed by atoms with Crippen molar-refractivity contribution >= 4 is 0 Å². The highest BCUT2D eigenvalue weighted by Gasteiger charge is 2.11. The molecule has 0 radical (unpaired) electrons. The maximum Gasteiger partial charge on any atom is 0.119 e. The van der Waals surface area contributed by atoms with Crippen molar-refractivity contribution in [2.24, 2.45) is 0 Å². The van der Waals surface area contributed by atoms with Crippen molar-refractivity contribution in [3.05, 3.63) is 59.7 Å². The number of rotatable bonds is 6. The number of phenolic OH excluding ortho intramolecular Hbond substituents is 2. The van der Waals surface area contributed by atoms with Gasteiger partial charge in [0.25, 0.3) is 0 Å². The van der Waals surface area contributed by atoms with Gasteiger partial charge in [0.2, 0.25) is 0 Å². The maximum atomic E-state index is 9.77. The molecule has 2 aromatic carbocycles. The molecule has 0 saturated carbocycles. The Labute approximate surface area is 119 Å². The van der Waals surface area contributed by atoms with Crippen LogP contribution in [0.25, 0.3) is 0 Å². The van der Waals surface area contributed by atoms with Gasteiger partial charge in [0.1, 0.15) is 11.5 Å². The predicted octanol–water partition coefficient (Wildman–Crippen LogP) is 3.46. The van der Waals surface area contributed by atoms with E-state index in [-0.39, 0.29) is 17.4 Å². The van der Waals surface area contributed by atoms with Crippen molar-refractivity contribution in [3.63, 3.8) is 0 Å². The normalized spacial score (nSPS) is 12.2. The fraction of sp³-hybridized carbons (Fsp3) is 0.294. The topological polar surface area (TPSA) is 49.7 Å². The van der Waals surface area contributed by atoms with E-state index in [0.29, 0.717) is 18.8 Å². The summed E-state index contributed by atoms with van der Waals surface area (Å²) in [7, 11) is 0. The van der Waals surface area contributed by atoms with Crippen LogP contribution >= 0.6 is 0 Å². The third kappa shape index (κ3) is 4.00. The molecule has 3 heteroatoms. The smallest absolute Gasteiger partial charge is 0.119 e. The molecule has 2 aromatic rings. The minimum absolute atomic E-state index is 0.0397. The predicted molar refractivity (Wildman–Crippen MR) is 79.2 cm³/mol. The monoisotopic (exact) mass is 272 g/mol. The summed E-state index contributed by atoms with van der Waals surface area (Å²) in [5, 5.41) is 19.2. The van der Waals surface area contributed by atoms with Crippen LogP contribution in [0, 0.1) is 0 Å². The van der Waals surface area contributed by atoms with Crippen LogP contribution in [0.2, 0.25) is 0 Å². The summed E-state index contributed by atoms with van der Waals surface area (Å²) < 4.78 is 5.66. The average molecular weight is 272 g/mol. The molecule has 0 spiro atoms. The minimum Gasteiger partial charge on any atom is -0.508 e. The average Bonchev–Trinajstić information content (AvgIpc) is 2.47. The molecule has 0 heterocycles. The molecule has 0 saturated heterocycles. The SMILES string of the molecule is CC(COCCc1ccccc1)c1cc(O)ccc1O. The Balaban J connectivity index is 1.80. The lowest BCUT2D eigenvalue weighted by atomic mass is 10.0. The second kappa shape index (κ2) is 6.96. The van der Waals surface area contributed by atoms with Crippen molar-refractivity contribution in [2.45, 2.75) is 19.3 Å². The van der Waals surface area contributed by atoms with Crippen LogP contribution in [0.1, 0.15) is 24.0 Å². The van der Waals surface area contributed by atoms with E-state index < -0.39 is 0 Å². The van der Waals surface area contributed by atoms with E-state index in [1.165, 1.54) is 17.7 Å². The molecule has 1 unspecified atom stereocenters. The zero-order chi connectivity index (χ0) is 14.4. The standard InChI is InChI=1S/C17H20O3/c1-13(16-11-15(18)7-8-17(16)19)12-20-10-9-14-5-3-2-4-6-14/h2-8,11,13,18-19H,9-10,12H2,1H3. The summed E-state index contributed by atoms with van der Waals surface area (Å²) in [6.07, 6.45) is 0.875. The molecule has 106 valence electrons. The quantitative estimate of drug-likeness (QED) is 0.625. The zero-order valence-corrected chi connectivity index (χ0v) is 11.6. The van der Waals surface area contributed by atoms with Gasteiger partial charge in [-0.1, -0.05) is 37.3 Å². The third-order valence-corrected chi connectivity index (χ3v) is 3.29. The Hall–Kier alpha value is -2.00. The molecule has 0 fully saturated rings. The van der Waals surface area contributed by atoms with Crippen LogP contribution in [0.3, 0.4) is 0 Å². The fourth-order valence-corrected chi connectivity index (χ4v) is 2.12. The van der Waals surface area contributed by atoms with Crippen LogP contribution in [0.5, 0.6) is 11.5 Å². The fourth-order valence-electron chi connectivity index (χ4n) is 2.12. The molecule has 20 heavy (non-hydrogen) atoms. The van der Waals surface area contributed by atoms with Crippen LogP contribution < -0.4 is 0 Å². The molecule has 0 aromatic heterocycles. The summed E-state index contributed by atoms with van der Waals surface area (Å²) in [5.41, 5.74) is 1.96.